The average Bonchev–Trinajstić information content (AvgIpc) is 2.68. The molecule has 0 spiro atoms. The standard InChI is InChI=1S/C17H26N2O/c1-14-7-8-16(15(2)13-14)18-17(20)9-12-19-10-5-3-4-6-11-19/h7-8,13H,3-6,9-12H2,1-2H3,(H,18,20). The largest absolute Gasteiger partial charge is 0.326 e. The van der Waals surface area contributed by atoms with Gasteiger partial charge in [-0.1, -0.05) is 30.5 Å². The molecule has 3 heteroatoms. The van der Waals surface area contributed by atoms with Crippen molar-refractivity contribution in [1.82, 2.24) is 4.90 Å². The van der Waals surface area contributed by atoms with Gasteiger partial charge in [-0.25, -0.2) is 0 Å². The topological polar surface area (TPSA) is 32.3 Å². The van der Waals surface area contributed by atoms with E-state index in [2.05, 4.69) is 23.2 Å². The molecule has 1 fully saturated rings. The lowest BCUT2D eigenvalue weighted by Gasteiger charge is -2.19. The Labute approximate surface area is 122 Å². The van der Waals surface area contributed by atoms with Gasteiger partial charge in [-0.15, -0.1) is 0 Å². The molecular weight excluding hydrogens is 248 g/mol. The minimum atomic E-state index is 0.126. The van der Waals surface area contributed by atoms with Gasteiger partial charge in [0.2, 0.25) is 5.91 Å². The predicted octanol–water partition coefficient (Wildman–Crippen LogP) is 3.51. The molecule has 0 atom stereocenters. The van der Waals surface area contributed by atoms with Crippen molar-refractivity contribution in [2.45, 2.75) is 46.0 Å². The summed E-state index contributed by atoms with van der Waals surface area (Å²) in [5, 5.41) is 3.03. The van der Waals surface area contributed by atoms with Crippen molar-refractivity contribution in [2.75, 3.05) is 25.0 Å². The number of anilines is 1. The zero-order valence-corrected chi connectivity index (χ0v) is 12.7. The van der Waals surface area contributed by atoms with E-state index in [9.17, 15) is 4.79 Å². The molecule has 0 aliphatic carbocycles. The first-order valence-corrected chi connectivity index (χ1v) is 7.74. The molecule has 0 saturated carbocycles. The monoisotopic (exact) mass is 274 g/mol. The van der Waals surface area contributed by atoms with Gasteiger partial charge in [0, 0.05) is 18.7 Å². The Bertz CT molecular complexity index is 448. The lowest BCUT2D eigenvalue weighted by Crippen LogP contribution is -2.28. The van der Waals surface area contributed by atoms with Gasteiger partial charge in [0.25, 0.3) is 0 Å². The van der Waals surface area contributed by atoms with Crippen LogP contribution in [-0.2, 0) is 4.79 Å². The third-order valence-corrected chi connectivity index (χ3v) is 4.01. The Morgan fingerprint density at radius 2 is 1.85 bits per heavy atom. The first kappa shape index (κ1) is 15.0. The zero-order chi connectivity index (χ0) is 14.4. The molecule has 1 aromatic carbocycles. The lowest BCUT2D eigenvalue weighted by atomic mass is 10.1. The van der Waals surface area contributed by atoms with E-state index in [1.165, 1.54) is 31.2 Å². The SMILES string of the molecule is Cc1ccc(NC(=O)CCN2CCCCCC2)c(C)c1. The second-order valence-electron chi connectivity index (χ2n) is 5.87. The molecule has 0 unspecified atom stereocenters. The normalized spacial score (nSPS) is 16.7. The van der Waals surface area contributed by atoms with E-state index in [1.807, 2.05) is 19.1 Å². The van der Waals surface area contributed by atoms with Gasteiger partial charge in [0.1, 0.15) is 0 Å². The summed E-state index contributed by atoms with van der Waals surface area (Å²) in [5.74, 6) is 0.126. The Morgan fingerprint density at radius 1 is 1.15 bits per heavy atom. The highest BCUT2D eigenvalue weighted by Gasteiger charge is 2.11. The van der Waals surface area contributed by atoms with Crippen LogP contribution in [0.2, 0.25) is 0 Å². The molecule has 2 rings (SSSR count). The summed E-state index contributed by atoms with van der Waals surface area (Å²) in [7, 11) is 0. The molecule has 110 valence electrons. The number of carbonyl (C=O) groups is 1. The number of hydrogen-bond acceptors (Lipinski definition) is 2. The van der Waals surface area contributed by atoms with Crippen LogP contribution in [0.5, 0.6) is 0 Å². The molecule has 0 radical (unpaired) electrons. The van der Waals surface area contributed by atoms with Crippen LogP contribution in [0.3, 0.4) is 0 Å². The maximum Gasteiger partial charge on any atom is 0.225 e. The van der Waals surface area contributed by atoms with Crippen LogP contribution in [0.25, 0.3) is 0 Å². The Hall–Kier alpha value is -1.35. The van der Waals surface area contributed by atoms with Crippen molar-refractivity contribution >= 4 is 11.6 Å². The highest BCUT2D eigenvalue weighted by atomic mass is 16.1. The van der Waals surface area contributed by atoms with Crippen molar-refractivity contribution in [3.05, 3.63) is 29.3 Å². The van der Waals surface area contributed by atoms with Gasteiger partial charge in [-0.3, -0.25) is 4.79 Å². The van der Waals surface area contributed by atoms with Crippen LogP contribution in [0, 0.1) is 13.8 Å². The molecule has 1 aromatic rings. The molecule has 3 nitrogen and oxygen atoms in total. The zero-order valence-electron chi connectivity index (χ0n) is 12.7. The maximum atomic E-state index is 12.0. The molecular formula is C17H26N2O. The Balaban J connectivity index is 1.79. The third kappa shape index (κ3) is 4.64. The molecule has 1 aliphatic heterocycles. The van der Waals surface area contributed by atoms with E-state index in [0.29, 0.717) is 6.42 Å². The van der Waals surface area contributed by atoms with Crippen molar-refractivity contribution in [3.63, 3.8) is 0 Å². The quantitative estimate of drug-likeness (QED) is 0.911. The molecule has 1 N–H and O–H groups in total. The van der Waals surface area contributed by atoms with Crippen molar-refractivity contribution < 1.29 is 4.79 Å². The van der Waals surface area contributed by atoms with E-state index in [0.717, 1.165) is 30.9 Å². The highest BCUT2D eigenvalue weighted by molar-refractivity contribution is 5.91. The molecule has 1 heterocycles. The number of benzene rings is 1. The number of nitrogens with zero attached hydrogens (tertiary/aromatic N) is 1. The van der Waals surface area contributed by atoms with Crippen LogP contribution in [0.1, 0.15) is 43.2 Å². The summed E-state index contributed by atoms with van der Waals surface area (Å²) in [5.41, 5.74) is 3.30. The van der Waals surface area contributed by atoms with Gasteiger partial charge in [-0.2, -0.15) is 0 Å². The molecule has 1 aliphatic rings. The number of likely N-dealkylation sites (tertiary alicyclic amines) is 1. The fraction of sp³-hybridized carbons (Fsp3) is 0.588. The van der Waals surface area contributed by atoms with Crippen LogP contribution < -0.4 is 5.32 Å². The molecule has 0 bridgehead atoms. The van der Waals surface area contributed by atoms with E-state index in [4.69, 9.17) is 0 Å². The van der Waals surface area contributed by atoms with Crippen molar-refractivity contribution in [3.8, 4) is 0 Å². The third-order valence-electron chi connectivity index (χ3n) is 4.01. The first-order chi connectivity index (χ1) is 9.65. The molecule has 20 heavy (non-hydrogen) atoms. The molecule has 1 amide bonds. The van der Waals surface area contributed by atoms with Crippen LogP contribution in [0.4, 0.5) is 5.69 Å². The Kier molecular flexibility index (Phi) is 5.60. The fourth-order valence-electron chi connectivity index (χ4n) is 2.79. The van der Waals surface area contributed by atoms with Crippen molar-refractivity contribution in [1.29, 1.82) is 0 Å². The van der Waals surface area contributed by atoms with Crippen LogP contribution in [0.15, 0.2) is 18.2 Å². The van der Waals surface area contributed by atoms with Gasteiger partial charge < -0.3 is 10.2 Å². The van der Waals surface area contributed by atoms with Gasteiger partial charge in [-0.05, 0) is 51.4 Å². The van der Waals surface area contributed by atoms with Gasteiger partial charge in [0.05, 0.1) is 0 Å². The number of carbonyl (C=O) groups excluding carboxylic acids is 1. The summed E-state index contributed by atoms with van der Waals surface area (Å²) < 4.78 is 0. The predicted molar refractivity (Wildman–Crippen MR) is 84.1 cm³/mol. The van der Waals surface area contributed by atoms with Gasteiger partial charge in [0.15, 0.2) is 0 Å². The average molecular weight is 274 g/mol. The number of aryl methyl sites for hydroxylation is 2. The Morgan fingerprint density at radius 3 is 2.50 bits per heavy atom. The van der Waals surface area contributed by atoms with Gasteiger partial charge >= 0.3 is 0 Å². The summed E-state index contributed by atoms with van der Waals surface area (Å²) in [6, 6.07) is 6.14. The number of hydrogen-bond donors (Lipinski definition) is 1. The van der Waals surface area contributed by atoms with E-state index >= 15 is 0 Å². The number of nitrogens with one attached hydrogen (secondary N) is 1. The summed E-state index contributed by atoms with van der Waals surface area (Å²) in [6.45, 7) is 7.29. The van der Waals surface area contributed by atoms with E-state index in [-0.39, 0.29) is 5.91 Å². The molecule has 1 saturated heterocycles. The van der Waals surface area contributed by atoms with Crippen molar-refractivity contribution in [2.24, 2.45) is 0 Å². The fourth-order valence-corrected chi connectivity index (χ4v) is 2.79. The molecule has 0 aromatic heterocycles. The lowest BCUT2D eigenvalue weighted by molar-refractivity contribution is -0.116. The summed E-state index contributed by atoms with van der Waals surface area (Å²) in [6.07, 6.45) is 5.82. The summed E-state index contributed by atoms with van der Waals surface area (Å²) in [4.78, 5) is 14.5. The minimum absolute atomic E-state index is 0.126. The highest BCUT2D eigenvalue weighted by Crippen LogP contribution is 2.16. The number of rotatable bonds is 4. The number of amides is 1. The minimum Gasteiger partial charge on any atom is -0.326 e. The second kappa shape index (κ2) is 7.44. The second-order valence-corrected chi connectivity index (χ2v) is 5.87. The smallest absolute Gasteiger partial charge is 0.225 e. The maximum absolute atomic E-state index is 12.0. The van der Waals surface area contributed by atoms with E-state index < -0.39 is 0 Å². The van der Waals surface area contributed by atoms with Crippen LogP contribution in [-0.4, -0.2) is 30.4 Å². The first-order valence-electron chi connectivity index (χ1n) is 7.74. The van der Waals surface area contributed by atoms with Crippen LogP contribution >= 0.6 is 0 Å². The summed E-state index contributed by atoms with van der Waals surface area (Å²) >= 11 is 0. The van der Waals surface area contributed by atoms with E-state index in [1.54, 1.807) is 0 Å².